The monoisotopic (exact) mass is 370 g/mol. The standard InChI is InChI=1S/C11H13F2IN2O2/c1-2-18-8(17)4-6-3-7(5-15)16-10(9(6)14)11(12)13/h3,11H,2,4-5,15H2,1H3. The van der Waals surface area contributed by atoms with E-state index >= 15 is 0 Å². The second-order valence-electron chi connectivity index (χ2n) is 3.46. The van der Waals surface area contributed by atoms with Crippen molar-refractivity contribution in [3.05, 3.63) is 26.6 Å². The number of carbonyl (C=O) groups excluding carboxylic acids is 1. The third-order valence-corrected chi connectivity index (χ3v) is 3.41. The minimum Gasteiger partial charge on any atom is -0.466 e. The Morgan fingerprint density at radius 1 is 1.61 bits per heavy atom. The Morgan fingerprint density at radius 3 is 2.78 bits per heavy atom. The van der Waals surface area contributed by atoms with E-state index in [4.69, 9.17) is 10.5 Å². The number of rotatable bonds is 5. The lowest BCUT2D eigenvalue weighted by atomic mass is 10.1. The van der Waals surface area contributed by atoms with Gasteiger partial charge in [0, 0.05) is 10.1 Å². The highest BCUT2D eigenvalue weighted by molar-refractivity contribution is 14.1. The van der Waals surface area contributed by atoms with E-state index in [2.05, 4.69) is 4.98 Å². The van der Waals surface area contributed by atoms with Crippen LogP contribution in [0, 0.1) is 3.57 Å². The zero-order valence-corrected chi connectivity index (χ0v) is 11.9. The maximum Gasteiger partial charge on any atom is 0.310 e. The number of aromatic nitrogens is 1. The van der Waals surface area contributed by atoms with Crippen LogP contribution in [0.15, 0.2) is 6.07 Å². The van der Waals surface area contributed by atoms with E-state index in [0.717, 1.165) is 0 Å². The molecule has 0 aliphatic carbocycles. The molecular formula is C11H13F2IN2O2. The summed E-state index contributed by atoms with van der Waals surface area (Å²) in [6.07, 6.45) is -2.74. The SMILES string of the molecule is CCOC(=O)Cc1cc(CN)nc(C(F)F)c1I. The number of pyridine rings is 1. The quantitative estimate of drug-likeness (QED) is 0.638. The van der Waals surface area contributed by atoms with Gasteiger partial charge in [0.1, 0.15) is 5.69 Å². The molecule has 0 saturated carbocycles. The van der Waals surface area contributed by atoms with Crippen molar-refractivity contribution in [2.45, 2.75) is 26.3 Å². The Kier molecular flexibility index (Phi) is 5.86. The van der Waals surface area contributed by atoms with Gasteiger partial charge in [0.25, 0.3) is 6.43 Å². The molecular weight excluding hydrogens is 357 g/mol. The predicted octanol–water partition coefficient (Wildman–Crippen LogP) is 2.19. The number of hydrogen-bond donors (Lipinski definition) is 1. The van der Waals surface area contributed by atoms with Crippen LogP contribution in [0.25, 0.3) is 0 Å². The number of alkyl halides is 2. The van der Waals surface area contributed by atoms with Crippen molar-refractivity contribution in [3.8, 4) is 0 Å². The van der Waals surface area contributed by atoms with Crippen LogP contribution < -0.4 is 5.73 Å². The molecule has 1 heterocycles. The molecule has 7 heteroatoms. The van der Waals surface area contributed by atoms with Crippen molar-refractivity contribution in [3.63, 3.8) is 0 Å². The lowest BCUT2D eigenvalue weighted by molar-refractivity contribution is -0.142. The molecule has 0 amide bonds. The Bertz CT molecular complexity index is 441. The Morgan fingerprint density at radius 2 is 2.28 bits per heavy atom. The fourth-order valence-electron chi connectivity index (χ4n) is 1.41. The first-order valence-electron chi connectivity index (χ1n) is 5.31. The van der Waals surface area contributed by atoms with E-state index in [9.17, 15) is 13.6 Å². The molecule has 1 aromatic heterocycles. The van der Waals surface area contributed by atoms with Gasteiger partial charge in [-0.3, -0.25) is 4.79 Å². The summed E-state index contributed by atoms with van der Waals surface area (Å²) in [6.45, 7) is 1.99. The molecule has 100 valence electrons. The maximum atomic E-state index is 12.8. The summed E-state index contributed by atoms with van der Waals surface area (Å²) in [5, 5.41) is 0. The van der Waals surface area contributed by atoms with Crippen LogP contribution in [0.3, 0.4) is 0 Å². The average Bonchev–Trinajstić information content (AvgIpc) is 2.31. The second-order valence-corrected chi connectivity index (χ2v) is 4.54. The van der Waals surface area contributed by atoms with Crippen LogP contribution in [-0.2, 0) is 22.5 Å². The molecule has 4 nitrogen and oxygen atoms in total. The second kappa shape index (κ2) is 6.93. The minimum absolute atomic E-state index is 0.0481. The number of carbonyl (C=O) groups is 1. The zero-order chi connectivity index (χ0) is 13.7. The van der Waals surface area contributed by atoms with Crippen molar-refractivity contribution in [2.75, 3.05) is 6.61 Å². The summed E-state index contributed by atoms with van der Waals surface area (Å²) in [5.41, 5.74) is 5.88. The predicted molar refractivity (Wildman–Crippen MR) is 70.1 cm³/mol. The third kappa shape index (κ3) is 3.84. The molecule has 1 aromatic rings. The van der Waals surface area contributed by atoms with Crippen LogP contribution in [0.2, 0.25) is 0 Å². The summed E-state index contributed by atoms with van der Waals surface area (Å²) in [6, 6.07) is 1.56. The van der Waals surface area contributed by atoms with Crippen molar-refractivity contribution >= 4 is 28.6 Å². The van der Waals surface area contributed by atoms with E-state index in [0.29, 0.717) is 11.3 Å². The van der Waals surface area contributed by atoms with Gasteiger partial charge in [-0.05, 0) is 41.1 Å². The number of nitrogens with zero attached hydrogens (tertiary/aromatic N) is 1. The summed E-state index contributed by atoms with van der Waals surface area (Å²) in [7, 11) is 0. The lowest BCUT2D eigenvalue weighted by Crippen LogP contribution is -2.13. The number of nitrogens with two attached hydrogens (primary N) is 1. The Balaban J connectivity index is 3.09. The van der Waals surface area contributed by atoms with Gasteiger partial charge in [0.2, 0.25) is 0 Å². The molecule has 0 spiro atoms. The molecule has 0 atom stereocenters. The van der Waals surface area contributed by atoms with Gasteiger partial charge in [-0.25, -0.2) is 13.8 Å². The largest absolute Gasteiger partial charge is 0.466 e. The average molecular weight is 370 g/mol. The van der Waals surface area contributed by atoms with Gasteiger partial charge in [0.15, 0.2) is 0 Å². The van der Waals surface area contributed by atoms with E-state index in [1.54, 1.807) is 35.6 Å². The smallest absolute Gasteiger partial charge is 0.310 e. The molecule has 0 bridgehead atoms. The molecule has 1 rings (SSSR count). The van der Waals surface area contributed by atoms with Crippen LogP contribution in [0.4, 0.5) is 8.78 Å². The zero-order valence-electron chi connectivity index (χ0n) is 9.75. The van der Waals surface area contributed by atoms with Crippen LogP contribution in [0.5, 0.6) is 0 Å². The summed E-state index contributed by atoms with van der Waals surface area (Å²) in [5.74, 6) is -0.454. The fourth-order valence-corrected chi connectivity index (χ4v) is 2.11. The first kappa shape index (κ1) is 15.2. The van der Waals surface area contributed by atoms with Gasteiger partial charge >= 0.3 is 5.97 Å². The van der Waals surface area contributed by atoms with E-state index in [1.807, 2.05) is 0 Å². The van der Waals surface area contributed by atoms with Gasteiger partial charge in [-0.2, -0.15) is 0 Å². The van der Waals surface area contributed by atoms with Crippen molar-refractivity contribution in [2.24, 2.45) is 5.73 Å². The van der Waals surface area contributed by atoms with E-state index in [1.165, 1.54) is 0 Å². The number of ether oxygens (including phenoxy) is 1. The van der Waals surface area contributed by atoms with Crippen LogP contribution >= 0.6 is 22.6 Å². The van der Waals surface area contributed by atoms with Crippen LogP contribution in [-0.4, -0.2) is 17.6 Å². The highest BCUT2D eigenvalue weighted by Crippen LogP contribution is 2.26. The molecule has 2 N–H and O–H groups in total. The summed E-state index contributed by atoms with van der Waals surface area (Å²) < 4.78 is 30.6. The van der Waals surface area contributed by atoms with Gasteiger partial charge in [-0.1, -0.05) is 0 Å². The van der Waals surface area contributed by atoms with Gasteiger partial charge in [0.05, 0.1) is 18.7 Å². The number of hydrogen-bond acceptors (Lipinski definition) is 4. The molecule has 0 aliphatic heterocycles. The van der Waals surface area contributed by atoms with E-state index in [-0.39, 0.29) is 28.8 Å². The highest BCUT2D eigenvalue weighted by atomic mass is 127. The first-order chi connectivity index (χ1) is 8.49. The molecule has 0 aromatic carbocycles. The van der Waals surface area contributed by atoms with Crippen molar-refractivity contribution < 1.29 is 18.3 Å². The number of halogens is 3. The molecule has 0 unspecified atom stereocenters. The number of esters is 1. The van der Waals surface area contributed by atoms with E-state index < -0.39 is 12.4 Å². The van der Waals surface area contributed by atoms with Gasteiger partial charge in [-0.15, -0.1) is 0 Å². The molecule has 0 saturated heterocycles. The molecule has 0 radical (unpaired) electrons. The minimum atomic E-state index is -2.69. The maximum absolute atomic E-state index is 12.8. The summed E-state index contributed by atoms with van der Waals surface area (Å²) in [4.78, 5) is 15.2. The third-order valence-electron chi connectivity index (χ3n) is 2.17. The molecule has 18 heavy (non-hydrogen) atoms. The first-order valence-corrected chi connectivity index (χ1v) is 6.39. The summed E-state index contributed by atoms with van der Waals surface area (Å²) >= 11 is 1.76. The Labute approximate surface area is 117 Å². The topological polar surface area (TPSA) is 65.2 Å². The van der Waals surface area contributed by atoms with Gasteiger partial charge < -0.3 is 10.5 Å². The Hall–Kier alpha value is -0.830. The van der Waals surface area contributed by atoms with Crippen LogP contribution in [0.1, 0.15) is 30.3 Å². The fraction of sp³-hybridized carbons (Fsp3) is 0.455. The van der Waals surface area contributed by atoms with Crippen molar-refractivity contribution in [1.29, 1.82) is 0 Å². The highest BCUT2D eigenvalue weighted by Gasteiger charge is 2.19. The normalized spacial score (nSPS) is 10.8. The van der Waals surface area contributed by atoms with Crippen molar-refractivity contribution in [1.82, 2.24) is 4.98 Å². The molecule has 0 aliphatic rings. The lowest BCUT2D eigenvalue weighted by Gasteiger charge is -2.11. The molecule has 0 fully saturated rings.